The van der Waals surface area contributed by atoms with E-state index in [-0.39, 0.29) is 46.2 Å². The molecule has 3 fully saturated rings. The van der Waals surface area contributed by atoms with E-state index in [1.807, 2.05) is 49.9 Å². The first-order valence-corrected chi connectivity index (χ1v) is 28.3. The molecule has 2 saturated heterocycles. The largest absolute Gasteiger partial charge is 0.340 e. The highest BCUT2D eigenvalue weighted by molar-refractivity contribution is 8.13. The van der Waals surface area contributed by atoms with Gasteiger partial charge in [-0.15, -0.1) is 0 Å². The lowest BCUT2D eigenvalue weighted by Gasteiger charge is -2.36. The van der Waals surface area contributed by atoms with Crippen molar-refractivity contribution in [2.24, 2.45) is 23.7 Å². The number of imidazole rings is 2. The third kappa shape index (κ3) is 10.9. The van der Waals surface area contributed by atoms with Gasteiger partial charge in [0.05, 0.1) is 35.9 Å². The minimum Gasteiger partial charge on any atom is -0.340 e. The van der Waals surface area contributed by atoms with Gasteiger partial charge in [-0.3, -0.25) is 19.2 Å². The molecule has 4 aromatic rings. The lowest BCUT2D eigenvalue weighted by molar-refractivity contribution is -0.136. The van der Waals surface area contributed by atoms with Gasteiger partial charge >= 0.3 is 0 Å². The van der Waals surface area contributed by atoms with Gasteiger partial charge in [0.1, 0.15) is 23.7 Å². The number of rotatable bonds is 12. The van der Waals surface area contributed by atoms with Gasteiger partial charge in [-0.25, -0.2) is 9.97 Å². The molecule has 6 aliphatic carbocycles. The maximum Gasteiger partial charge on any atom is 0.279 e. The minimum absolute atomic E-state index is 0.0217. The zero-order valence-corrected chi connectivity index (χ0v) is 43.5. The maximum atomic E-state index is 13.8. The summed E-state index contributed by atoms with van der Waals surface area (Å²) in [6, 6.07) is 16.8. The first kappa shape index (κ1) is 49.9. The fourth-order valence-electron chi connectivity index (χ4n) is 12.1. The number of hydrogen-bond acceptors (Lipinski definition) is 8. The summed E-state index contributed by atoms with van der Waals surface area (Å²) in [6.45, 7) is 9.21. The summed E-state index contributed by atoms with van der Waals surface area (Å²) in [4.78, 5) is 72.6. The zero-order valence-electron chi connectivity index (χ0n) is 41.8. The number of aromatic amines is 2. The van der Waals surface area contributed by atoms with Crippen LogP contribution in [0.2, 0.25) is 0 Å². The molecule has 4 N–H and O–H groups in total. The van der Waals surface area contributed by atoms with Crippen molar-refractivity contribution in [1.29, 1.82) is 0 Å². The molecule has 14 heteroatoms. The first-order chi connectivity index (χ1) is 33.9. The second-order valence-corrected chi connectivity index (χ2v) is 22.7. The molecule has 4 heterocycles. The molecule has 1 unspecified atom stereocenters. The number of H-pyrrole nitrogens is 2. The number of aromatic nitrogens is 4. The second-order valence-electron chi connectivity index (χ2n) is 21.1. The minimum atomic E-state index is -0.565. The van der Waals surface area contributed by atoms with E-state index in [0.29, 0.717) is 36.8 Å². The van der Waals surface area contributed by atoms with E-state index in [1.54, 1.807) is 23.7 Å². The summed E-state index contributed by atoms with van der Waals surface area (Å²) < 4.78 is 0. The molecule has 8 atom stereocenters. The summed E-state index contributed by atoms with van der Waals surface area (Å²) in [5.41, 5.74) is 10.0. The van der Waals surface area contributed by atoms with Crippen LogP contribution < -0.4 is 10.6 Å². The number of thioether (sulfide) groups is 2. The molecule has 0 radical (unpaired) electrons. The Morgan fingerprint density at radius 3 is 1.70 bits per heavy atom. The van der Waals surface area contributed by atoms with Crippen LogP contribution in [0.3, 0.4) is 0 Å². The van der Waals surface area contributed by atoms with E-state index in [0.717, 1.165) is 96.2 Å². The summed E-state index contributed by atoms with van der Waals surface area (Å²) in [5.74, 6) is 3.58. The van der Waals surface area contributed by atoms with Crippen LogP contribution in [0.5, 0.6) is 0 Å². The van der Waals surface area contributed by atoms with Crippen LogP contribution in [0, 0.1) is 23.7 Å². The third-order valence-corrected chi connectivity index (χ3v) is 17.1. The van der Waals surface area contributed by atoms with Gasteiger partial charge in [0, 0.05) is 24.9 Å². The number of carbonyl (C=O) groups excluding carboxylic acids is 4. The van der Waals surface area contributed by atoms with Crippen LogP contribution in [-0.4, -0.2) is 89.7 Å². The number of amides is 4. The van der Waals surface area contributed by atoms with Crippen LogP contribution in [-0.2, 0) is 9.59 Å². The van der Waals surface area contributed by atoms with E-state index < -0.39 is 12.1 Å². The van der Waals surface area contributed by atoms with Crippen molar-refractivity contribution in [2.45, 2.75) is 141 Å². The molecule has 4 amide bonds. The summed E-state index contributed by atoms with van der Waals surface area (Å²) in [6.07, 6.45) is 25.4. The molecule has 0 spiro atoms. The molecule has 2 aliphatic heterocycles. The Morgan fingerprint density at radius 1 is 0.657 bits per heavy atom. The fourth-order valence-corrected chi connectivity index (χ4v) is 12.5. The highest BCUT2D eigenvalue weighted by Crippen LogP contribution is 2.47. The number of hydrogen-bond donors (Lipinski definition) is 4. The van der Waals surface area contributed by atoms with Crippen LogP contribution in [0.15, 0.2) is 84.2 Å². The molecule has 1 saturated carbocycles. The quantitative estimate of drug-likeness (QED) is 0.102. The van der Waals surface area contributed by atoms with E-state index in [9.17, 15) is 19.2 Å². The summed E-state index contributed by atoms with van der Waals surface area (Å²) >= 11 is 2.19. The van der Waals surface area contributed by atoms with Crippen molar-refractivity contribution in [3.05, 3.63) is 107 Å². The Morgan fingerprint density at radius 2 is 1.19 bits per heavy atom. The van der Waals surface area contributed by atoms with Crippen molar-refractivity contribution in [2.75, 3.05) is 25.6 Å². The molecule has 70 heavy (non-hydrogen) atoms. The van der Waals surface area contributed by atoms with Crippen LogP contribution in [0.1, 0.15) is 151 Å². The lowest BCUT2D eigenvalue weighted by Crippen LogP contribution is -2.50. The Balaban J connectivity index is 0.845. The number of allylic oxidation sites excluding steroid dienone is 4. The van der Waals surface area contributed by atoms with Gasteiger partial charge in [0.25, 0.3) is 10.5 Å². The van der Waals surface area contributed by atoms with Gasteiger partial charge in [-0.2, -0.15) is 0 Å². The third-order valence-electron chi connectivity index (χ3n) is 16.1. The van der Waals surface area contributed by atoms with Crippen molar-refractivity contribution >= 4 is 45.8 Å². The van der Waals surface area contributed by atoms with Crippen LogP contribution in [0.4, 0.5) is 9.59 Å². The average molecular weight is 985 g/mol. The van der Waals surface area contributed by atoms with Crippen molar-refractivity contribution in [3.63, 3.8) is 0 Å². The van der Waals surface area contributed by atoms with E-state index in [1.165, 1.54) is 49.7 Å². The number of nitrogens with one attached hydrogen (secondary N) is 4. The normalized spacial score (nSPS) is 24.5. The van der Waals surface area contributed by atoms with Crippen LogP contribution in [0.25, 0.3) is 22.5 Å². The van der Waals surface area contributed by atoms with E-state index in [2.05, 4.69) is 81.3 Å². The highest BCUT2D eigenvalue weighted by Gasteiger charge is 2.39. The van der Waals surface area contributed by atoms with Gasteiger partial charge in [-0.1, -0.05) is 123 Å². The summed E-state index contributed by atoms with van der Waals surface area (Å²) in [7, 11) is 0. The molecule has 12 rings (SSSR count). The highest BCUT2D eigenvalue weighted by atomic mass is 32.2. The first-order valence-electron chi connectivity index (χ1n) is 25.9. The Bertz CT molecular complexity index is 2560. The molecular formula is C56H72N8O4S2. The molecule has 372 valence electrons. The van der Waals surface area contributed by atoms with E-state index >= 15 is 0 Å². The topological polar surface area (TPSA) is 156 Å². The van der Waals surface area contributed by atoms with Gasteiger partial charge in [0.15, 0.2) is 0 Å². The molecule has 12 nitrogen and oxygen atoms in total. The standard InChI is InChI=1S/C56H72N8O4S2/c1-33(2)49(61-55(67)69-5)53(65)63-27-7-9-47(63)51-57-31-45(59-51)41-23-19-39(20-24-41)43-29-35-11-15-37(43)17-13-36-12-16-38(18-14-35)44(30-36)40-21-25-42(26-22-40)46-32-58-52(60-46)48-10-8-28-64(48)54(66)50(34(3)4)62-56(68)70-6/h15,19-26,30-35,38,43-44,47-50H,7-14,16-18,27-29H2,1-6H3,(H,57,59)(H,58,60)(H,61,67)(H,62,68)/t35-,38?,43+,44+,47-,48-,49-,50-/m0/s1. The molecular weight excluding hydrogens is 913 g/mol. The maximum absolute atomic E-state index is 13.8. The van der Waals surface area contributed by atoms with Crippen LogP contribution >= 0.6 is 23.5 Å². The predicted molar refractivity (Wildman–Crippen MR) is 282 cm³/mol. The Kier molecular flexibility index (Phi) is 15.8. The van der Waals surface area contributed by atoms with Crippen molar-refractivity contribution < 1.29 is 19.2 Å². The Hall–Kier alpha value is -5.08. The van der Waals surface area contributed by atoms with E-state index in [4.69, 9.17) is 9.97 Å². The predicted octanol–water partition coefficient (Wildman–Crippen LogP) is 12.1. The molecule has 8 aliphatic rings. The number of benzene rings is 2. The van der Waals surface area contributed by atoms with Gasteiger partial charge in [-0.05, 0) is 135 Å². The fraction of sp³-hybridized carbons (Fsp3) is 0.536. The zero-order chi connectivity index (χ0) is 49.1. The van der Waals surface area contributed by atoms with Gasteiger partial charge in [0.2, 0.25) is 11.8 Å². The lowest BCUT2D eigenvalue weighted by atomic mass is 9.69. The number of likely N-dealkylation sites (tertiary alicyclic amines) is 2. The number of nitrogens with zero attached hydrogens (tertiary/aromatic N) is 4. The molecule has 2 aromatic heterocycles. The second kappa shape index (κ2) is 22.1. The average Bonchev–Trinajstić information content (AvgIpc) is 4.23. The monoisotopic (exact) mass is 985 g/mol. The number of carbonyl (C=O) groups is 4. The van der Waals surface area contributed by atoms with Crippen molar-refractivity contribution in [3.8, 4) is 22.5 Å². The smallest absolute Gasteiger partial charge is 0.279 e. The summed E-state index contributed by atoms with van der Waals surface area (Å²) in [5, 5.41) is 5.48. The SMILES string of the molecule is CSC(=O)N[C@H](C(=O)N1CCC[C@H]1c1ncc(-c2ccc([C@@H]3C[C@H]4CC=C3CCC3=C[C@@H](c5ccc(-c6cnc([C@@H]7CCCN7C(=O)[C@@H](NC(=O)SC)C(C)C)[nH]6)cc5)C(CC3)CC4)cc2)[nH]1)C(C)C. The van der Waals surface area contributed by atoms with Gasteiger partial charge < -0.3 is 30.4 Å². The molecule has 2 aromatic carbocycles. The Labute approximate surface area is 422 Å². The van der Waals surface area contributed by atoms with Crippen molar-refractivity contribution in [1.82, 2.24) is 40.4 Å². The molecule has 4 bridgehead atoms.